The number of piperazine rings is 1. The van der Waals surface area contributed by atoms with E-state index in [-0.39, 0.29) is 23.3 Å². The van der Waals surface area contributed by atoms with Crippen molar-refractivity contribution in [2.75, 3.05) is 26.2 Å². The molecule has 1 aliphatic heterocycles. The first kappa shape index (κ1) is 18.0. The Morgan fingerprint density at radius 3 is 2.33 bits per heavy atom. The van der Waals surface area contributed by atoms with E-state index in [0.29, 0.717) is 37.1 Å². The van der Waals surface area contributed by atoms with Crippen molar-refractivity contribution in [1.82, 2.24) is 9.80 Å². The van der Waals surface area contributed by atoms with Gasteiger partial charge in [-0.05, 0) is 36.1 Å². The molecular weight excluding hydrogens is 367 g/mol. The fourth-order valence-corrected chi connectivity index (χ4v) is 3.90. The predicted octanol–water partition coefficient (Wildman–Crippen LogP) is 3.57. The molecule has 0 bridgehead atoms. The summed E-state index contributed by atoms with van der Waals surface area (Å²) in [5.74, 6) is -0.453. The van der Waals surface area contributed by atoms with Crippen LogP contribution in [0, 0.1) is 11.7 Å². The molecule has 2 fully saturated rings. The van der Waals surface area contributed by atoms with Crippen molar-refractivity contribution in [1.29, 1.82) is 0 Å². The number of rotatable bonds is 3. The third-order valence-corrected chi connectivity index (χ3v) is 5.61. The predicted molar refractivity (Wildman–Crippen MR) is 101 cm³/mol. The first-order chi connectivity index (χ1) is 13.0. The molecule has 2 aromatic carbocycles. The largest absolute Gasteiger partial charge is 0.339 e. The van der Waals surface area contributed by atoms with Crippen LogP contribution >= 0.6 is 11.6 Å². The van der Waals surface area contributed by atoms with Crippen LogP contribution in [0.4, 0.5) is 4.39 Å². The average Bonchev–Trinajstić information content (AvgIpc) is 3.50. The molecule has 140 valence electrons. The van der Waals surface area contributed by atoms with Crippen molar-refractivity contribution in [3.05, 3.63) is 70.5 Å². The van der Waals surface area contributed by atoms with Crippen molar-refractivity contribution in [3.8, 4) is 0 Å². The molecule has 0 spiro atoms. The highest BCUT2D eigenvalue weighted by Gasteiger charge is 2.46. The van der Waals surface area contributed by atoms with Gasteiger partial charge in [-0.3, -0.25) is 9.59 Å². The Morgan fingerprint density at radius 1 is 0.963 bits per heavy atom. The van der Waals surface area contributed by atoms with Crippen molar-refractivity contribution in [3.63, 3.8) is 0 Å². The van der Waals surface area contributed by atoms with Crippen LogP contribution in [-0.2, 0) is 4.79 Å². The molecule has 2 aliphatic rings. The Balaban J connectivity index is 1.35. The van der Waals surface area contributed by atoms with E-state index in [1.165, 1.54) is 23.8 Å². The van der Waals surface area contributed by atoms with Crippen LogP contribution in [0.5, 0.6) is 0 Å². The lowest BCUT2D eigenvalue weighted by Crippen LogP contribution is -2.51. The molecule has 27 heavy (non-hydrogen) atoms. The maximum absolute atomic E-state index is 13.9. The topological polar surface area (TPSA) is 40.6 Å². The molecule has 4 rings (SSSR count). The number of halogens is 2. The van der Waals surface area contributed by atoms with Gasteiger partial charge in [0.25, 0.3) is 5.91 Å². The van der Waals surface area contributed by atoms with Crippen LogP contribution in [0.3, 0.4) is 0 Å². The van der Waals surface area contributed by atoms with Gasteiger partial charge in [0.05, 0.1) is 5.56 Å². The molecule has 2 amide bonds. The number of carbonyl (C=O) groups is 2. The third kappa shape index (κ3) is 3.69. The van der Waals surface area contributed by atoms with Crippen LogP contribution in [0.1, 0.15) is 28.3 Å². The van der Waals surface area contributed by atoms with E-state index >= 15 is 0 Å². The molecular formula is C21H20ClFN2O2. The van der Waals surface area contributed by atoms with Gasteiger partial charge in [-0.2, -0.15) is 0 Å². The lowest BCUT2D eigenvalue weighted by Gasteiger charge is -2.35. The SMILES string of the molecule is O=C(c1cc(Cl)ccc1F)N1CCN(C(=O)[C@@H]2C[C@H]2c2ccccc2)CC1. The van der Waals surface area contributed by atoms with Crippen LogP contribution in [0.2, 0.25) is 5.02 Å². The van der Waals surface area contributed by atoms with Crippen LogP contribution < -0.4 is 0 Å². The summed E-state index contributed by atoms with van der Waals surface area (Å²) < 4.78 is 13.9. The molecule has 4 nitrogen and oxygen atoms in total. The molecule has 0 N–H and O–H groups in total. The lowest BCUT2D eigenvalue weighted by molar-refractivity contribution is -0.134. The van der Waals surface area contributed by atoms with Crippen molar-refractivity contribution < 1.29 is 14.0 Å². The number of carbonyl (C=O) groups excluding carboxylic acids is 2. The summed E-state index contributed by atoms with van der Waals surface area (Å²) >= 11 is 5.88. The molecule has 0 radical (unpaired) electrons. The second-order valence-corrected chi connectivity index (χ2v) is 7.54. The lowest BCUT2D eigenvalue weighted by atomic mass is 10.1. The van der Waals surface area contributed by atoms with E-state index < -0.39 is 5.82 Å². The summed E-state index contributed by atoms with van der Waals surface area (Å²) in [6.45, 7) is 1.76. The Morgan fingerprint density at radius 2 is 1.63 bits per heavy atom. The van der Waals surface area contributed by atoms with Crippen molar-refractivity contribution >= 4 is 23.4 Å². The van der Waals surface area contributed by atoms with E-state index in [2.05, 4.69) is 12.1 Å². The highest BCUT2D eigenvalue weighted by Crippen LogP contribution is 2.48. The fourth-order valence-electron chi connectivity index (χ4n) is 3.73. The minimum Gasteiger partial charge on any atom is -0.339 e. The summed E-state index contributed by atoms with van der Waals surface area (Å²) in [7, 11) is 0. The van der Waals surface area contributed by atoms with E-state index in [9.17, 15) is 14.0 Å². The normalized spacial score (nSPS) is 21.9. The van der Waals surface area contributed by atoms with Crippen molar-refractivity contribution in [2.24, 2.45) is 5.92 Å². The zero-order chi connectivity index (χ0) is 19.0. The molecule has 6 heteroatoms. The number of benzene rings is 2. The van der Waals surface area contributed by atoms with Gasteiger partial charge in [0.1, 0.15) is 5.82 Å². The Hall–Kier alpha value is -2.40. The van der Waals surface area contributed by atoms with E-state index in [1.54, 1.807) is 4.90 Å². The van der Waals surface area contributed by atoms with Gasteiger partial charge in [0.2, 0.25) is 5.91 Å². The summed E-state index contributed by atoms with van der Waals surface area (Å²) in [4.78, 5) is 28.7. The Labute approximate surface area is 162 Å². The first-order valence-corrected chi connectivity index (χ1v) is 9.50. The highest BCUT2D eigenvalue weighted by atomic mass is 35.5. The van der Waals surface area contributed by atoms with Crippen LogP contribution in [0.25, 0.3) is 0 Å². The van der Waals surface area contributed by atoms with E-state index in [4.69, 9.17) is 11.6 Å². The van der Waals surface area contributed by atoms with Gasteiger partial charge in [-0.15, -0.1) is 0 Å². The maximum atomic E-state index is 13.9. The summed E-state index contributed by atoms with van der Waals surface area (Å²) in [5.41, 5.74) is 1.19. The second-order valence-electron chi connectivity index (χ2n) is 7.10. The van der Waals surface area contributed by atoms with Crippen molar-refractivity contribution in [2.45, 2.75) is 12.3 Å². The number of hydrogen-bond donors (Lipinski definition) is 0. The van der Waals surface area contributed by atoms with Gasteiger partial charge < -0.3 is 9.80 Å². The quantitative estimate of drug-likeness (QED) is 0.809. The van der Waals surface area contributed by atoms with Crippen LogP contribution in [-0.4, -0.2) is 47.8 Å². The van der Waals surface area contributed by atoms with Gasteiger partial charge in [-0.1, -0.05) is 41.9 Å². The average molecular weight is 387 g/mol. The van der Waals surface area contributed by atoms with Gasteiger partial charge in [0, 0.05) is 37.1 Å². The number of hydrogen-bond acceptors (Lipinski definition) is 2. The minimum absolute atomic E-state index is 0.0198. The standard InChI is InChI=1S/C21H20ClFN2O2/c22-15-6-7-19(23)18(12-15)21(27)25-10-8-24(9-11-25)20(26)17-13-16(17)14-4-2-1-3-5-14/h1-7,12,16-17H,8-11,13H2/t16-,17+/m0/s1. The van der Waals surface area contributed by atoms with Crippen LogP contribution in [0.15, 0.2) is 48.5 Å². The maximum Gasteiger partial charge on any atom is 0.257 e. The summed E-state index contributed by atoms with van der Waals surface area (Å²) in [6, 6.07) is 14.1. The molecule has 1 saturated carbocycles. The molecule has 1 saturated heterocycles. The van der Waals surface area contributed by atoms with E-state index in [1.807, 2.05) is 23.1 Å². The van der Waals surface area contributed by atoms with Gasteiger partial charge >= 0.3 is 0 Å². The Kier molecular flexibility index (Phi) is 4.87. The molecule has 2 atom stereocenters. The molecule has 0 unspecified atom stereocenters. The Bertz CT molecular complexity index is 866. The summed E-state index contributed by atoms with van der Waals surface area (Å²) in [6.07, 6.45) is 0.885. The zero-order valence-corrected chi connectivity index (χ0v) is 15.5. The zero-order valence-electron chi connectivity index (χ0n) is 14.8. The highest BCUT2D eigenvalue weighted by molar-refractivity contribution is 6.31. The smallest absolute Gasteiger partial charge is 0.257 e. The second kappa shape index (κ2) is 7.31. The molecule has 1 heterocycles. The molecule has 2 aromatic rings. The monoisotopic (exact) mass is 386 g/mol. The first-order valence-electron chi connectivity index (χ1n) is 9.12. The number of nitrogens with zero attached hydrogens (tertiary/aromatic N) is 2. The van der Waals surface area contributed by atoms with Gasteiger partial charge in [-0.25, -0.2) is 4.39 Å². The minimum atomic E-state index is -0.577. The molecule has 0 aromatic heterocycles. The molecule has 1 aliphatic carbocycles. The van der Waals surface area contributed by atoms with Gasteiger partial charge in [0.15, 0.2) is 0 Å². The fraction of sp³-hybridized carbons (Fsp3) is 0.333. The number of amides is 2. The van der Waals surface area contributed by atoms with E-state index in [0.717, 1.165) is 6.42 Å². The summed E-state index contributed by atoms with van der Waals surface area (Å²) in [5, 5.41) is 0.328. The third-order valence-electron chi connectivity index (χ3n) is 5.37.